The van der Waals surface area contributed by atoms with E-state index < -0.39 is 0 Å². The number of ether oxygens (including phenoxy) is 2. The second-order valence-corrected chi connectivity index (χ2v) is 8.66. The lowest BCUT2D eigenvalue weighted by atomic mass is 9.95. The molecule has 4 rings (SSSR count). The molecule has 174 valence electrons. The monoisotopic (exact) mass is 450 g/mol. The number of carbonyl (C=O) groups is 2. The average Bonchev–Trinajstić information content (AvgIpc) is 3.08. The van der Waals surface area contributed by atoms with Crippen molar-refractivity contribution in [1.29, 1.82) is 0 Å². The van der Waals surface area contributed by atoms with Gasteiger partial charge < -0.3 is 19.5 Å². The predicted octanol–water partition coefficient (Wildman–Crippen LogP) is 3.31. The highest BCUT2D eigenvalue weighted by Crippen LogP contribution is 2.40. The number of hydrogen-bond donors (Lipinski definition) is 1. The fourth-order valence-electron chi connectivity index (χ4n) is 4.76. The molecule has 1 unspecified atom stereocenters. The van der Waals surface area contributed by atoms with Crippen LogP contribution in [0.3, 0.4) is 0 Å². The molecule has 7 nitrogen and oxygen atoms in total. The Balaban J connectivity index is 1.84. The molecule has 7 heteroatoms. The van der Waals surface area contributed by atoms with E-state index >= 15 is 0 Å². The van der Waals surface area contributed by atoms with E-state index in [9.17, 15) is 14.7 Å². The van der Waals surface area contributed by atoms with Gasteiger partial charge in [0.1, 0.15) is 5.70 Å². The SMILES string of the molecule is COc1ccc(N2C(=O)C(c3ccc(C)cc3C)=C(N3CCCC(CO)C3)C2=O)cc1OC. The molecule has 0 aliphatic carbocycles. The molecule has 2 aliphatic heterocycles. The molecule has 2 amide bonds. The van der Waals surface area contributed by atoms with Crippen molar-refractivity contribution >= 4 is 23.1 Å². The van der Waals surface area contributed by atoms with Crippen LogP contribution in [0.15, 0.2) is 42.1 Å². The zero-order valence-electron chi connectivity index (χ0n) is 19.6. The minimum atomic E-state index is -0.361. The van der Waals surface area contributed by atoms with Gasteiger partial charge in [-0.15, -0.1) is 0 Å². The number of aliphatic hydroxyl groups excluding tert-OH is 1. The molecule has 2 aliphatic rings. The molecule has 2 aromatic carbocycles. The van der Waals surface area contributed by atoms with E-state index in [1.54, 1.807) is 18.2 Å². The second-order valence-electron chi connectivity index (χ2n) is 8.66. The maximum Gasteiger partial charge on any atom is 0.282 e. The first-order valence-electron chi connectivity index (χ1n) is 11.2. The Morgan fingerprint density at radius 2 is 1.76 bits per heavy atom. The predicted molar refractivity (Wildman–Crippen MR) is 126 cm³/mol. The minimum Gasteiger partial charge on any atom is -0.493 e. The van der Waals surface area contributed by atoms with Crippen LogP contribution >= 0.6 is 0 Å². The molecule has 0 bridgehead atoms. The van der Waals surface area contributed by atoms with Crippen molar-refractivity contribution in [2.45, 2.75) is 26.7 Å². The summed E-state index contributed by atoms with van der Waals surface area (Å²) in [5.41, 5.74) is 4.02. The summed E-state index contributed by atoms with van der Waals surface area (Å²) in [7, 11) is 3.05. The van der Waals surface area contributed by atoms with Gasteiger partial charge in [-0.25, -0.2) is 4.90 Å². The van der Waals surface area contributed by atoms with Crippen LogP contribution in [-0.2, 0) is 9.59 Å². The Morgan fingerprint density at radius 1 is 1.00 bits per heavy atom. The summed E-state index contributed by atoms with van der Waals surface area (Å²) >= 11 is 0. The van der Waals surface area contributed by atoms with Crippen molar-refractivity contribution in [1.82, 2.24) is 4.90 Å². The largest absolute Gasteiger partial charge is 0.493 e. The number of carbonyl (C=O) groups excluding carboxylic acids is 2. The molecule has 1 atom stereocenters. The summed E-state index contributed by atoms with van der Waals surface area (Å²) in [4.78, 5) is 30.8. The maximum atomic E-state index is 13.8. The summed E-state index contributed by atoms with van der Waals surface area (Å²) in [6, 6.07) is 10.9. The van der Waals surface area contributed by atoms with E-state index in [0.29, 0.717) is 41.5 Å². The van der Waals surface area contributed by atoms with Gasteiger partial charge in [0, 0.05) is 25.8 Å². The van der Waals surface area contributed by atoms with Crippen LogP contribution in [0.2, 0.25) is 0 Å². The number of methoxy groups -OCH3 is 2. The molecular weight excluding hydrogens is 420 g/mol. The zero-order valence-corrected chi connectivity index (χ0v) is 19.6. The summed E-state index contributed by atoms with van der Waals surface area (Å²) in [5.74, 6) is 0.311. The van der Waals surface area contributed by atoms with Gasteiger partial charge in [-0.3, -0.25) is 9.59 Å². The molecule has 2 heterocycles. The van der Waals surface area contributed by atoms with Crippen LogP contribution in [0, 0.1) is 19.8 Å². The Labute approximate surface area is 194 Å². The van der Waals surface area contributed by atoms with Crippen LogP contribution in [0.5, 0.6) is 11.5 Å². The van der Waals surface area contributed by atoms with Gasteiger partial charge in [0.05, 0.1) is 25.5 Å². The number of anilines is 1. The second kappa shape index (κ2) is 9.27. The molecule has 0 saturated carbocycles. The highest BCUT2D eigenvalue weighted by molar-refractivity contribution is 6.45. The summed E-state index contributed by atoms with van der Waals surface area (Å²) in [6.07, 6.45) is 1.76. The summed E-state index contributed by atoms with van der Waals surface area (Å²) in [6.45, 7) is 5.22. The lowest BCUT2D eigenvalue weighted by Crippen LogP contribution is -2.40. The molecule has 0 aromatic heterocycles. The molecule has 1 saturated heterocycles. The number of amides is 2. The van der Waals surface area contributed by atoms with Crippen LogP contribution in [0.25, 0.3) is 5.57 Å². The molecule has 0 radical (unpaired) electrons. The fraction of sp³-hybridized carbons (Fsp3) is 0.385. The van der Waals surface area contributed by atoms with E-state index in [1.165, 1.54) is 19.1 Å². The first kappa shape index (κ1) is 22.9. The normalized spacial score (nSPS) is 18.9. The number of likely N-dealkylation sites (tertiary alicyclic amines) is 1. The highest BCUT2D eigenvalue weighted by atomic mass is 16.5. The van der Waals surface area contributed by atoms with Crippen LogP contribution in [0.1, 0.15) is 29.5 Å². The number of hydrogen-bond acceptors (Lipinski definition) is 6. The van der Waals surface area contributed by atoms with E-state index in [0.717, 1.165) is 29.5 Å². The topological polar surface area (TPSA) is 79.3 Å². The number of piperidine rings is 1. The lowest BCUT2D eigenvalue weighted by Gasteiger charge is -2.34. The Hall–Kier alpha value is -3.32. The molecule has 33 heavy (non-hydrogen) atoms. The molecule has 1 N–H and O–H groups in total. The average molecular weight is 451 g/mol. The zero-order chi connectivity index (χ0) is 23.7. The van der Waals surface area contributed by atoms with Gasteiger partial charge >= 0.3 is 0 Å². The number of aliphatic hydroxyl groups is 1. The number of aryl methyl sites for hydroxylation is 2. The van der Waals surface area contributed by atoms with Crippen molar-refractivity contribution in [3.63, 3.8) is 0 Å². The van der Waals surface area contributed by atoms with E-state index in [4.69, 9.17) is 9.47 Å². The fourth-order valence-corrected chi connectivity index (χ4v) is 4.76. The van der Waals surface area contributed by atoms with Gasteiger partial charge in [-0.2, -0.15) is 0 Å². The number of rotatable bonds is 6. The van der Waals surface area contributed by atoms with E-state index in [2.05, 4.69) is 0 Å². The Bertz CT molecular complexity index is 1120. The van der Waals surface area contributed by atoms with E-state index in [-0.39, 0.29) is 24.3 Å². The van der Waals surface area contributed by atoms with Gasteiger partial charge in [-0.05, 0) is 55.9 Å². The number of nitrogens with zero attached hydrogens (tertiary/aromatic N) is 2. The van der Waals surface area contributed by atoms with Crippen LogP contribution in [0.4, 0.5) is 5.69 Å². The number of benzene rings is 2. The van der Waals surface area contributed by atoms with Crippen molar-refractivity contribution in [3.05, 3.63) is 58.8 Å². The van der Waals surface area contributed by atoms with Gasteiger partial charge in [0.25, 0.3) is 11.8 Å². The van der Waals surface area contributed by atoms with Gasteiger partial charge in [-0.1, -0.05) is 23.8 Å². The third kappa shape index (κ3) is 4.09. The minimum absolute atomic E-state index is 0.0597. The highest BCUT2D eigenvalue weighted by Gasteiger charge is 2.44. The van der Waals surface area contributed by atoms with Crippen molar-refractivity contribution in [2.24, 2.45) is 5.92 Å². The Morgan fingerprint density at radius 3 is 2.42 bits per heavy atom. The number of imide groups is 1. The standard InChI is InChI=1S/C26H30N2O5/c1-16-7-9-20(17(2)12-16)23-24(27-11-5-6-18(14-27)15-29)26(31)28(25(23)30)19-8-10-21(32-3)22(13-19)33-4/h7-10,12-13,18,29H,5-6,11,14-15H2,1-4H3. The molecule has 2 aromatic rings. The quantitative estimate of drug-likeness (QED) is 0.681. The third-order valence-corrected chi connectivity index (χ3v) is 6.43. The van der Waals surface area contributed by atoms with Crippen LogP contribution in [-0.4, -0.2) is 55.7 Å². The Kier molecular flexibility index (Phi) is 6.42. The smallest absolute Gasteiger partial charge is 0.282 e. The van der Waals surface area contributed by atoms with E-state index in [1.807, 2.05) is 36.9 Å². The van der Waals surface area contributed by atoms with Gasteiger partial charge in [0.2, 0.25) is 0 Å². The first-order chi connectivity index (χ1) is 15.9. The summed E-state index contributed by atoms with van der Waals surface area (Å²) in [5, 5.41) is 9.73. The van der Waals surface area contributed by atoms with Crippen molar-refractivity contribution < 1.29 is 24.2 Å². The van der Waals surface area contributed by atoms with Crippen molar-refractivity contribution in [3.8, 4) is 11.5 Å². The molecule has 0 spiro atoms. The molecular formula is C26H30N2O5. The van der Waals surface area contributed by atoms with Crippen molar-refractivity contribution in [2.75, 3.05) is 38.8 Å². The third-order valence-electron chi connectivity index (χ3n) is 6.43. The maximum absolute atomic E-state index is 13.8. The summed E-state index contributed by atoms with van der Waals surface area (Å²) < 4.78 is 10.7. The van der Waals surface area contributed by atoms with Gasteiger partial charge in [0.15, 0.2) is 11.5 Å². The van der Waals surface area contributed by atoms with Crippen LogP contribution < -0.4 is 14.4 Å². The molecule has 1 fully saturated rings. The lowest BCUT2D eigenvalue weighted by molar-refractivity contribution is -0.120. The first-order valence-corrected chi connectivity index (χ1v) is 11.2.